The minimum absolute atomic E-state index is 0.0187. The minimum atomic E-state index is -3.52. The lowest BCUT2D eigenvalue weighted by Crippen LogP contribution is -2.35. The quantitative estimate of drug-likeness (QED) is 0.547. The number of imide groups is 1. The van der Waals surface area contributed by atoms with Gasteiger partial charge in [0, 0.05) is 25.6 Å². The van der Waals surface area contributed by atoms with Gasteiger partial charge in [0.1, 0.15) is 0 Å². The molecule has 174 valence electrons. The number of sulfonamides is 1. The summed E-state index contributed by atoms with van der Waals surface area (Å²) in [6.07, 6.45) is 4.42. The predicted octanol–water partition coefficient (Wildman–Crippen LogP) is 2.25. The zero-order valence-electron chi connectivity index (χ0n) is 18.2. The molecule has 2 N–H and O–H groups in total. The van der Waals surface area contributed by atoms with E-state index in [1.54, 1.807) is 48.5 Å². The van der Waals surface area contributed by atoms with E-state index >= 15 is 0 Å². The van der Waals surface area contributed by atoms with Crippen LogP contribution in [0.2, 0.25) is 0 Å². The number of carbonyl (C=O) groups is 3. The highest BCUT2D eigenvalue weighted by Gasteiger charge is 2.34. The molecule has 0 atom stereocenters. The lowest BCUT2D eigenvalue weighted by molar-refractivity contribution is -0.121. The Labute approximate surface area is 193 Å². The number of carbonyl (C=O) groups excluding carboxylic acids is 3. The van der Waals surface area contributed by atoms with E-state index in [1.807, 2.05) is 0 Å². The van der Waals surface area contributed by atoms with Gasteiger partial charge in [0.25, 0.3) is 11.8 Å². The van der Waals surface area contributed by atoms with Gasteiger partial charge in [-0.1, -0.05) is 37.1 Å². The van der Waals surface area contributed by atoms with Crippen molar-refractivity contribution in [2.24, 2.45) is 0 Å². The van der Waals surface area contributed by atoms with Crippen molar-refractivity contribution in [3.8, 4) is 0 Å². The smallest absolute Gasteiger partial charge is 0.261 e. The van der Waals surface area contributed by atoms with Crippen LogP contribution in [-0.4, -0.2) is 50.2 Å². The molecule has 8 nitrogen and oxygen atoms in total. The first-order valence-corrected chi connectivity index (χ1v) is 12.7. The highest BCUT2D eigenvalue weighted by atomic mass is 32.2. The van der Waals surface area contributed by atoms with Gasteiger partial charge >= 0.3 is 0 Å². The van der Waals surface area contributed by atoms with Gasteiger partial charge in [-0.15, -0.1) is 0 Å². The summed E-state index contributed by atoms with van der Waals surface area (Å²) in [5, 5.41) is 2.78. The Kier molecular flexibility index (Phi) is 6.90. The molecule has 0 spiro atoms. The summed E-state index contributed by atoms with van der Waals surface area (Å²) in [4.78, 5) is 38.2. The summed E-state index contributed by atoms with van der Waals surface area (Å²) in [5.41, 5.74) is 1.63. The fourth-order valence-electron chi connectivity index (χ4n) is 4.26. The molecule has 2 aliphatic rings. The van der Waals surface area contributed by atoms with Crippen molar-refractivity contribution in [2.45, 2.75) is 49.5 Å². The zero-order chi connectivity index (χ0) is 23.4. The third kappa shape index (κ3) is 5.31. The SMILES string of the molecule is O=C(CCN1C(=O)c2ccccc2C1=O)NCCc1ccc(S(=O)(=O)NC2CCCC2)cc1. The predicted molar refractivity (Wildman–Crippen MR) is 122 cm³/mol. The van der Waals surface area contributed by atoms with Gasteiger partial charge in [0.05, 0.1) is 16.0 Å². The lowest BCUT2D eigenvalue weighted by Gasteiger charge is -2.14. The number of nitrogens with zero attached hydrogens (tertiary/aromatic N) is 1. The molecule has 9 heteroatoms. The van der Waals surface area contributed by atoms with Gasteiger partial charge in [-0.05, 0) is 49.1 Å². The van der Waals surface area contributed by atoms with Crippen LogP contribution in [0.5, 0.6) is 0 Å². The van der Waals surface area contributed by atoms with E-state index in [2.05, 4.69) is 10.0 Å². The molecule has 1 saturated carbocycles. The van der Waals surface area contributed by atoms with Gasteiger partial charge in [-0.25, -0.2) is 13.1 Å². The molecular formula is C24H27N3O5S. The molecule has 1 heterocycles. The van der Waals surface area contributed by atoms with Crippen LogP contribution in [-0.2, 0) is 21.2 Å². The Morgan fingerprint density at radius 3 is 2.15 bits per heavy atom. The summed E-state index contributed by atoms with van der Waals surface area (Å²) in [6.45, 7) is 0.395. The van der Waals surface area contributed by atoms with E-state index in [0.29, 0.717) is 24.1 Å². The first-order valence-electron chi connectivity index (χ1n) is 11.2. The summed E-state index contributed by atoms with van der Waals surface area (Å²) < 4.78 is 27.7. The van der Waals surface area contributed by atoms with Crippen LogP contribution in [0.1, 0.15) is 58.4 Å². The van der Waals surface area contributed by atoms with Crippen molar-refractivity contribution in [2.75, 3.05) is 13.1 Å². The second kappa shape index (κ2) is 9.84. The second-order valence-corrected chi connectivity index (χ2v) is 10.1. The molecule has 0 unspecified atom stereocenters. The van der Waals surface area contributed by atoms with Crippen LogP contribution in [0.4, 0.5) is 0 Å². The minimum Gasteiger partial charge on any atom is -0.356 e. The van der Waals surface area contributed by atoms with Crippen LogP contribution >= 0.6 is 0 Å². The van der Waals surface area contributed by atoms with E-state index in [0.717, 1.165) is 36.1 Å². The van der Waals surface area contributed by atoms with Crippen molar-refractivity contribution in [1.82, 2.24) is 14.9 Å². The number of hydrogen-bond donors (Lipinski definition) is 2. The van der Waals surface area contributed by atoms with E-state index < -0.39 is 10.0 Å². The summed E-state index contributed by atoms with van der Waals surface area (Å²) in [6, 6.07) is 13.3. The molecule has 2 aromatic carbocycles. The molecule has 3 amide bonds. The topological polar surface area (TPSA) is 113 Å². The molecule has 1 fully saturated rings. The molecule has 1 aliphatic carbocycles. The molecule has 0 radical (unpaired) electrons. The molecule has 0 saturated heterocycles. The summed E-state index contributed by atoms with van der Waals surface area (Å²) >= 11 is 0. The van der Waals surface area contributed by atoms with Crippen molar-refractivity contribution < 1.29 is 22.8 Å². The maximum absolute atomic E-state index is 12.5. The Balaban J connectivity index is 1.21. The average Bonchev–Trinajstić information content (AvgIpc) is 3.39. The summed E-state index contributed by atoms with van der Waals surface area (Å²) in [7, 11) is -3.52. The van der Waals surface area contributed by atoms with Gasteiger partial charge in [-0.3, -0.25) is 19.3 Å². The molecule has 0 bridgehead atoms. The molecule has 1 aliphatic heterocycles. The van der Waals surface area contributed by atoms with Gasteiger partial charge in [-0.2, -0.15) is 0 Å². The van der Waals surface area contributed by atoms with Crippen molar-refractivity contribution >= 4 is 27.7 Å². The summed E-state index contributed by atoms with van der Waals surface area (Å²) in [5.74, 6) is -1.01. The number of benzene rings is 2. The Morgan fingerprint density at radius 2 is 1.55 bits per heavy atom. The van der Waals surface area contributed by atoms with Crippen LogP contribution in [0, 0.1) is 0 Å². The lowest BCUT2D eigenvalue weighted by atomic mass is 10.1. The van der Waals surface area contributed by atoms with E-state index in [1.165, 1.54) is 0 Å². The van der Waals surface area contributed by atoms with E-state index in [-0.39, 0.29) is 41.6 Å². The van der Waals surface area contributed by atoms with Crippen molar-refractivity contribution in [1.29, 1.82) is 0 Å². The fraction of sp³-hybridized carbons (Fsp3) is 0.375. The number of hydrogen-bond acceptors (Lipinski definition) is 5. The first kappa shape index (κ1) is 23.1. The van der Waals surface area contributed by atoms with Crippen LogP contribution in [0.25, 0.3) is 0 Å². The van der Waals surface area contributed by atoms with Crippen molar-refractivity contribution in [3.63, 3.8) is 0 Å². The number of nitrogens with one attached hydrogen (secondary N) is 2. The van der Waals surface area contributed by atoms with E-state index in [9.17, 15) is 22.8 Å². The molecule has 0 aromatic heterocycles. The van der Waals surface area contributed by atoms with Gasteiger partial charge in [0.2, 0.25) is 15.9 Å². The van der Waals surface area contributed by atoms with Gasteiger partial charge in [0.15, 0.2) is 0 Å². The normalized spacial score (nSPS) is 16.3. The third-order valence-electron chi connectivity index (χ3n) is 6.09. The fourth-order valence-corrected chi connectivity index (χ4v) is 5.56. The Hall–Kier alpha value is -3.04. The highest BCUT2D eigenvalue weighted by molar-refractivity contribution is 7.89. The largest absolute Gasteiger partial charge is 0.356 e. The number of fused-ring (bicyclic) bond motifs is 1. The Morgan fingerprint density at radius 1 is 0.939 bits per heavy atom. The third-order valence-corrected chi connectivity index (χ3v) is 7.62. The maximum atomic E-state index is 12.5. The van der Waals surface area contributed by atoms with Crippen LogP contribution in [0.15, 0.2) is 53.4 Å². The zero-order valence-corrected chi connectivity index (χ0v) is 19.1. The van der Waals surface area contributed by atoms with Crippen molar-refractivity contribution in [3.05, 3.63) is 65.2 Å². The second-order valence-electron chi connectivity index (χ2n) is 8.40. The number of amides is 3. The monoisotopic (exact) mass is 469 g/mol. The van der Waals surface area contributed by atoms with E-state index in [4.69, 9.17) is 0 Å². The van der Waals surface area contributed by atoms with Crippen LogP contribution < -0.4 is 10.0 Å². The molecule has 33 heavy (non-hydrogen) atoms. The van der Waals surface area contributed by atoms with Gasteiger partial charge < -0.3 is 5.32 Å². The average molecular weight is 470 g/mol. The Bertz CT molecular complexity index is 1120. The number of rotatable bonds is 9. The molecule has 2 aromatic rings. The highest BCUT2D eigenvalue weighted by Crippen LogP contribution is 2.22. The standard InChI is InChI=1S/C24H27N3O5S/c28-22(14-16-27-23(29)20-7-3-4-8-21(20)24(27)30)25-15-13-17-9-11-19(12-10-17)33(31,32)26-18-5-1-2-6-18/h3-4,7-12,18,26H,1-2,5-6,13-16H2,(H,25,28). The maximum Gasteiger partial charge on any atom is 0.261 e. The first-order chi connectivity index (χ1) is 15.8. The van der Waals surface area contributed by atoms with Crippen LogP contribution in [0.3, 0.4) is 0 Å². The molecular weight excluding hydrogens is 442 g/mol. The molecule has 4 rings (SSSR count).